The van der Waals surface area contributed by atoms with Gasteiger partial charge in [0, 0.05) is 18.6 Å². The molecule has 204 valence electrons. The molecule has 1 atom stereocenters. The number of aryl methyl sites for hydroxylation is 1. The third-order valence-corrected chi connectivity index (χ3v) is 9.48. The first-order valence-electron chi connectivity index (χ1n) is 15.2. The normalized spacial score (nSPS) is 24.3. The van der Waals surface area contributed by atoms with Crippen LogP contribution in [0.5, 0.6) is 5.75 Å². The Bertz CT molecular complexity index is 1100. The number of hydrogen-bond donors (Lipinski definition) is 0. The molecule has 0 N–H and O–H groups in total. The van der Waals surface area contributed by atoms with Crippen molar-refractivity contribution in [2.45, 2.75) is 102 Å². The topological polar surface area (TPSA) is 35.5 Å². The van der Waals surface area contributed by atoms with E-state index in [1.807, 2.05) is 19.1 Å². The number of Topliss-reactive ketones (excluding diaryl/α,β-unsaturated/α-hetero) is 1. The van der Waals surface area contributed by atoms with Crippen molar-refractivity contribution in [2.24, 2.45) is 11.8 Å². The van der Waals surface area contributed by atoms with Crippen molar-refractivity contribution < 1.29 is 14.3 Å². The van der Waals surface area contributed by atoms with Gasteiger partial charge in [-0.15, -0.1) is 0 Å². The highest BCUT2D eigenvalue weighted by atomic mass is 16.5. The van der Waals surface area contributed by atoms with Gasteiger partial charge in [0.1, 0.15) is 5.75 Å². The first-order chi connectivity index (χ1) is 18.6. The quantitative estimate of drug-likeness (QED) is 0.297. The molecule has 38 heavy (non-hydrogen) atoms. The Labute approximate surface area is 230 Å². The molecule has 2 saturated carbocycles. The monoisotopic (exact) mass is 514 g/mol. The van der Waals surface area contributed by atoms with E-state index in [1.54, 1.807) is 7.11 Å². The van der Waals surface area contributed by atoms with E-state index in [0.29, 0.717) is 18.4 Å². The smallest absolute Gasteiger partial charge is 0.167 e. The van der Waals surface area contributed by atoms with Gasteiger partial charge in [0.25, 0.3) is 0 Å². The highest BCUT2D eigenvalue weighted by Gasteiger charge is 2.31. The van der Waals surface area contributed by atoms with Gasteiger partial charge in [-0.2, -0.15) is 0 Å². The molecular formula is C35H46O3. The average molecular weight is 515 g/mol. The second kappa shape index (κ2) is 13.1. The second-order valence-corrected chi connectivity index (χ2v) is 11.9. The lowest BCUT2D eigenvalue weighted by atomic mass is 9.73. The number of ether oxygens (including phenoxy) is 2. The summed E-state index contributed by atoms with van der Waals surface area (Å²) in [6, 6.07) is 12.8. The summed E-state index contributed by atoms with van der Waals surface area (Å²) in [6.07, 6.45) is 20.3. The third kappa shape index (κ3) is 6.60. The fourth-order valence-corrected chi connectivity index (χ4v) is 7.35. The maximum absolute atomic E-state index is 13.4. The van der Waals surface area contributed by atoms with Crippen LogP contribution in [0.4, 0.5) is 0 Å². The molecule has 2 aromatic carbocycles. The SMILES string of the molecule is C/C=C\c1cc(CC[C@@H]2CCCO2)ccc1C(=O)Cc1ccc(C2CCC(C3CCCC3)CC2)c(OC)c1. The molecule has 3 heteroatoms. The molecule has 0 spiro atoms. The van der Waals surface area contributed by atoms with Gasteiger partial charge >= 0.3 is 0 Å². The van der Waals surface area contributed by atoms with Crippen LogP contribution in [0, 0.1) is 11.8 Å². The Balaban J connectivity index is 1.23. The molecular weight excluding hydrogens is 468 g/mol. The van der Waals surface area contributed by atoms with Crippen molar-refractivity contribution in [3.05, 3.63) is 70.3 Å². The molecule has 3 aliphatic rings. The number of carbonyl (C=O) groups is 1. The highest BCUT2D eigenvalue weighted by Crippen LogP contribution is 2.45. The minimum atomic E-state index is 0.163. The van der Waals surface area contributed by atoms with Crippen LogP contribution in [-0.2, 0) is 17.6 Å². The number of rotatable bonds is 10. The summed E-state index contributed by atoms with van der Waals surface area (Å²) in [5.41, 5.74) is 5.46. The van der Waals surface area contributed by atoms with Crippen LogP contribution in [0.1, 0.15) is 116 Å². The maximum Gasteiger partial charge on any atom is 0.167 e. The lowest BCUT2D eigenvalue weighted by Gasteiger charge is -2.33. The molecule has 1 aliphatic heterocycles. The molecule has 0 bridgehead atoms. The van der Waals surface area contributed by atoms with E-state index in [-0.39, 0.29) is 5.78 Å². The maximum atomic E-state index is 13.4. The number of hydrogen-bond acceptors (Lipinski definition) is 3. The van der Waals surface area contributed by atoms with Gasteiger partial charge in [-0.25, -0.2) is 0 Å². The molecule has 2 aliphatic carbocycles. The number of methoxy groups -OCH3 is 1. The van der Waals surface area contributed by atoms with Crippen molar-refractivity contribution in [3.8, 4) is 5.75 Å². The van der Waals surface area contributed by atoms with Crippen LogP contribution in [0.3, 0.4) is 0 Å². The molecule has 0 radical (unpaired) electrons. The number of carbonyl (C=O) groups excluding carboxylic acids is 1. The summed E-state index contributed by atoms with van der Waals surface area (Å²) in [4.78, 5) is 13.4. The molecule has 5 rings (SSSR count). The number of ketones is 1. The van der Waals surface area contributed by atoms with Crippen molar-refractivity contribution >= 4 is 11.9 Å². The predicted octanol–water partition coefficient (Wildman–Crippen LogP) is 8.73. The summed E-state index contributed by atoms with van der Waals surface area (Å²) in [7, 11) is 1.77. The number of benzene rings is 2. The van der Waals surface area contributed by atoms with E-state index in [9.17, 15) is 4.79 Å². The Morgan fingerprint density at radius 3 is 2.39 bits per heavy atom. The van der Waals surface area contributed by atoms with E-state index in [0.717, 1.165) is 53.7 Å². The van der Waals surface area contributed by atoms with Crippen molar-refractivity contribution in [1.29, 1.82) is 0 Å². The summed E-state index contributed by atoms with van der Waals surface area (Å²) in [5, 5.41) is 0. The van der Waals surface area contributed by atoms with Crippen LogP contribution in [-0.4, -0.2) is 25.6 Å². The van der Waals surface area contributed by atoms with Gasteiger partial charge in [-0.3, -0.25) is 4.79 Å². The average Bonchev–Trinajstić information content (AvgIpc) is 3.67. The third-order valence-electron chi connectivity index (χ3n) is 9.48. The van der Waals surface area contributed by atoms with Crippen LogP contribution in [0.15, 0.2) is 42.5 Å². The lowest BCUT2D eigenvalue weighted by Crippen LogP contribution is -2.19. The molecule has 3 fully saturated rings. The summed E-state index contributed by atoms with van der Waals surface area (Å²) >= 11 is 0. The molecule has 1 heterocycles. The van der Waals surface area contributed by atoms with Crippen LogP contribution >= 0.6 is 0 Å². The first kappa shape index (κ1) is 27.2. The van der Waals surface area contributed by atoms with E-state index in [2.05, 4.69) is 36.4 Å². The Morgan fingerprint density at radius 1 is 0.921 bits per heavy atom. The van der Waals surface area contributed by atoms with Gasteiger partial charge in [0.2, 0.25) is 0 Å². The zero-order valence-electron chi connectivity index (χ0n) is 23.6. The fourth-order valence-electron chi connectivity index (χ4n) is 7.35. The Hall–Kier alpha value is -2.39. The van der Waals surface area contributed by atoms with Gasteiger partial charge in [-0.05, 0) is 104 Å². The van der Waals surface area contributed by atoms with Gasteiger partial charge in [-0.1, -0.05) is 68.2 Å². The highest BCUT2D eigenvalue weighted by molar-refractivity contribution is 6.00. The van der Waals surface area contributed by atoms with Crippen molar-refractivity contribution in [3.63, 3.8) is 0 Å². The van der Waals surface area contributed by atoms with Crippen LogP contribution < -0.4 is 4.74 Å². The minimum Gasteiger partial charge on any atom is -0.496 e. The largest absolute Gasteiger partial charge is 0.496 e. The zero-order valence-corrected chi connectivity index (χ0v) is 23.6. The summed E-state index contributed by atoms with van der Waals surface area (Å²) in [5.74, 6) is 3.61. The Kier molecular flexibility index (Phi) is 9.38. The fraction of sp³-hybridized carbons (Fsp3) is 0.571. The van der Waals surface area contributed by atoms with E-state index in [1.165, 1.54) is 75.3 Å². The van der Waals surface area contributed by atoms with E-state index >= 15 is 0 Å². The molecule has 3 nitrogen and oxygen atoms in total. The molecule has 2 aromatic rings. The second-order valence-electron chi connectivity index (χ2n) is 11.9. The molecule has 0 aromatic heterocycles. The molecule has 1 saturated heterocycles. The van der Waals surface area contributed by atoms with Crippen molar-refractivity contribution in [1.82, 2.24) is 0 Å². The Morgan fingerprint density at radius 2 is 1.68 bits per heavy atom. The van der Waals surface area contributed by atoms with Gasteiger partial charge in [0.15, 0.2) is 5.78 Å². The van der Waals surface area contributed by atoms with Crippen LogP contribution in [0.2, 0.25) is 0 Å². The number of allylic oxidation sites excluding steroid dienone is 1. The summed E-state index contributed by atoms with van der Waals surface area (Å²) in [6.45, 7) is 2.91. The van der Waals surface area contributed by atoms with Gasteiger partial charge in [0.05, 0.1) is 13.2 Å². The van der Waals surface area contributed by atoms with E-state index < -0.39 is 0 Å². The minimum absolute atomic E-state index is 0.163. The van der Waals surface area contributed by atoms with Crippen LogP contribution in [0.25, 0.3) is 6.08 Å². The lowest BCUT2D eigenvalue weighted by molar-refractivity contribution is 0.0992. The zero-order chi connectivity index (χ0) is 26.3. The summed E-state index contributed by atoms with van der Waals surface area (Å²) < 4.78 is 11.7. The standard InChI is InChI=1S/C35H46O3/c1-3-7-30-22-25(11-18-31-10-6-21-38-31)12-19-32(30)34(36)23-26-13-20-33(35(24-26)37-2)29-16-14-28(15-17-29)27-8-4-5-9-27/h3,7,12-13,19-20,22,24,27-29,31H,4-6,8-11,14-18,21,23H2,1-2H3/b7-3-/t28?,29?,31-/m0/s1. The van der Waals surface area contributed by atoms with E-state index in [4.69, 9.17) is 9.47 Å². The molecule has 0 unspecified atom stereocenters. The molecule has 0 amide bonds. The van der Waals surface area contributed by atoms with Crippen molar-refractivity contribution in [2.75, 3.05) is 13.7 Å². The van der Waals surface area contributed by atoms with Gasteiger partial charge < -0.3 is 9.47 Å². The first-order valence-corrected chi connectivity index (χ1v) is 15.2. The predicted molar refractivity (Wildman–Crippen MR) is 156 cm³/mol.